The van der Waals surface area contributed by atoms with Crippen molar-refractivity contribution in [2.45, 2.75) is 19.3 Å². The predicted molar refractivity (Wildman–Crippen MR) is 96.4 cm³/mol. The maximum atomic E-state index is 13.2. The lowest BCUT2D eigenvalue weighted by molar-refractivity contribution is -0.119. The van der Waals surface area contributed by atoms with Crippen molar-refractivity contribution in [2.24, 2.45) is 11.0 Å². The first-order valence-corrected chi connectivity index (χ1v) is 8.53. The zero-order valence-corrected chi connectivity index (χ0v) is 14.7. The van der Waals surface area contributed by atoms with Crippen LogP contribution in [0.15, 0.2) is 41.5 Å². The number of ether oxygens (including phenoxy) is 2. The number of aryl methyl sites for hydroxylation is 1. The molecule has 0 bridgehead atoms. The highest BCUT2D eigenvalue weighted by Gasteiger charge is 2.35. The number of nitrogens with zero attached hydrogens (tertiary/aromatic N) is 2. The first-order valence-electron chi connectivity index (χ1n) is 8.53. The average Bonchev–Trinajstić information content (AvgIpc) is 2.67. The summed E-state index contributed by atoms with van der Waals surface area (Å²) in [4.78, 5) is 12.6. The van der Waals surface area contributed by atoms with Gasteiger partial charge in [0.15, 0.2) is 11.5 Å². The Morgan fingerprint density at radius 1 is 1.12 bits per heavy atom. The van der Waals surface area contributed by atoms with Crippen LogP contribution < -0.4 is 14.5 Å². The van der Waals surface area contributed by atoms with E-state index in [1.54, 1.807) is 26.4 Å². The number of halogens is 1. The number of carbonyl (C=O) groups is 1. The standard InChI is InChI=1S/C20H19FN2O3/c1-25-17-9-12-3-4-13-10-19(24)23(15-7-5-14(21)6-8-15)22-20(13)16(12)11-18(17)26-2/h5-9,11,13H,3-4,10H2,1-2H3. The van der Waals surface area contributed by atoms with Crippen molar-refractivity contribution in [3.05, 3.63) is 53.3 Å². The molecule has 0 aromatic heterocycles. The van der Waals surface area contributed by atoms with E-state index in [4.69, 9.17) is 9.47 Å². The molecule has 4 rings (SSSR count). The molecule has 0 radical (unpaired) electrons. The molecule has 2 aromatic rings. The van der Waals surface area contributed by atoms with Gasteiger partial charge in [-0.2, -0.15) is 5.10 Å². The molecule has 0 saturated heterocycles. The number of methoxy groups -OCH3 is 2. The molecule has 26 heavy (non-hydrogen) atoms. The largest absolute Gasteiger partial charge is 0.493 e. The van der Waals surface area contributed by atoms with Crippen molar-refractivity contribution in [2.75, 3.05) is 19.2 Å². The molecule has 1 aliphatic heterocycles. The first kappa shape index (κ1) is 16.6. The van der Waals surface area contributed by atoms with Gasteiger partial charge in [0.1, 0.15) is 5.82 Å². The molecule has 0 fully saturated rings. The normalized spacial score (nSPS) is 18.7. The van der Waals surface area contributed by atoms with E-state index in [-0.39, 0.29) is 17.6 Å². The summed E-state index contributed by atoms with van der Waals surface area (Å²) >= 11 is 0. The second-order valence-corrected chi connectivity index (χ2v) is 6.47. The van der Waals surface area contributed by atoms with E-state index in [0.717, 1.165) is 29.7 Å². The highest BCUT2D eigenvalue weighted by Crippen LogP contribution is 2.39. The van der Waals surface area contributed by atoms with E-state index in [1.807, 2.05) is 12.1 Å². The van der Waals surface area contributed by atoms with Gasteiger partial charge in [-0.15, -0.1) is 0 Å². The van der Waals surface area contributed by atoms with Crippen molar-refractivity contribution < 1.29 is 18.7 Å². The van der Waals surface area contributed by atoms with E-state index in [2.05, 4.69) is 5.10 Å². The topological polar surface area (TPSA) is 51.1 Å². The molecule has 5 nitrogen and oxygen atoms in total. The second kappa shape index (κ2) is 6.44. The van der Waals surface area contributed by atoms with Crippen LogP contribution in [0.2, 0.25) is 0 Å². The number of hydrogen-bond donors (Lipinski definition) is 0. The molecule has 0 saturated carbocycles. The molecule has 1 amide bonds. The molecular formula is C20H19FN2O3. The molecule has 1 atom stereocenters. The number of benzene rings is 2. The fraction of sp³-hybridized carbons (Fsp3) is 0.300. The van der Waals surface area contributed by atoms with Gasteiger partial charge in [0.2, 0.25) is 5.91 Å². The minimum absolute atomic E-state index is 0.0747. The highest BCUT2D eigenvalue weighted by molar-refractivity contribution is 6.11. The summed E-state index contributed by atoms with van der Waals surface area (Å²) in [6.07, 6.45) is 2.12. The SMILES string of the molecule is COc1cc2c(cc1OC)C1=NN(c3ccc(F)cc3)C(=O)CC1CC2. The minimum atomic E-state index is -0.344. The molecule has 0 spiro atoms. The number of hydrogen-bond acceptors (Lipinski definition) is 4. The van der Waals surface area contributed by atoms with E-state index >= 15 is 0 Å². The molecule has 134 valence electrons. The summed E-state index contributed by atoms with van der Waals surface area (Å²) in [6.45, 7) is 0. The summed E-state index contributed by atoms with van der Waals surface area (Å²) in [7, 11) is 3.21. The monoisotopic (exact) mass is 354 g/mol. The number of carbonyl (C=O) groups excluding carboxylic acids is 1. The number of fused-ring (bicyclic) bond motifs is 3. The van der Waals surface area contributed by atoms with Crippen LogP contribution in [0.4, 0.5) is 10.1 Å². The van der Waals surface area contributed by atoms with Crippen molar-refractivity contribution in [1.29, 1.82) is 0 Å². The van der Waals surface area contributed by atoms with Crippen LogP contribution in [0.3, 0.4) is 0 Å². The predicted octanol–water partition coefficient (Wildman–Crippen LogP) is 3.55. The van der Waals surface area contributed by atoms with Gasteiger partial charge in [-0.25, -0.2) is 9.40 Å². The van der Waals surface area contributed by atoms with Crippen molar-refractivity contribution >= 4 is 17.3 Å². The molecule has 1 heterocycles. The Morgan fingerprint density at radius 2 is 1.81 bits per heavy atom. The van der Waals surface area contributed by atoms with Crippen molar-refractivity contribution in [1.82, 2.24) is 0 Å². The lowest BCUT2D eigenvalue weighted by Gasteiger charge is -2.33. The summed E-state index contributed by atoms with van der Waals surface area (Å²) in [6, 6.07) is 9.70. The summed E-state index contributed by atoms with van der Waals surface area (Å²) in [5.41, 5.74) is 3.55. The third-order valence-corrected chi connectivity index (χ3v) is 4.97. The molecule has 0 N–H and O–H groups in total. The smallest absolute Gasteiger partial charge is 0.248 e. The molecular weight excluding hydrogens is 335 g/mol. The first-order chi connectivity index (χ1) is 12.6. The molecule has 2 aromatic carbocycles. The van der Waals surface area contributed by atoms with Gasteiger partial charge in [-0.3, -0.25) is 4.79 Å². The van der Waals surface area contributed by atoms with Crippen LogP contribution in [0.5, 0.6) is 11.5 Å². The van der Waals surface area contributed by atoms with Crippen LogP contribution in [0, 0.1) is 11.7 Å². The zero-order chi connectivity index (χ0) is 18.3. The van der Waals surface area contributed by atoms with Crippen molar-refractivity contribution in [3.8, 4) is 11.5 Å². The minimum Gasteiger partial charge on any atom is -0.493 e. The van der Waals surface area contributed by atoms with E-state index in [0.29, 0.717) is 23.6 Å². The Kier molecular flexibility index (Phi) is 4.11. The van der Waals surface area contributed by atoms with Gasteiger partial charge in [0.25, 0.3) is 0 Å². The fourth-order valence-electron chi connectivity index (χ4n) is 3.63. The van der Waals surface area contributed by atoms with Gasteiger partial charge in [-0.1, -0.05) is 0 Å². The highest BCUT2D eigenvalue weighted by atomic mass is 19.1. The summed E-state index contributed by atoms with van der Waals surface area (Å²) < 4.78 is 24.0. The fourth-order valence-corrected chi connectivity index (χ4v) is 3.63. The van der Waals surface area contributed by atoms with Gasteiger partial charge in [-0.05, 0) is 54.8 Å². The van der Waals surface area contributed by atoms with Gasteiger partial charge < -0.3 is 9.47 Å². The Hall–Kier alpha value is -2.89. The Morgan fingerprint density at radius 3 is 2.50 bits per heavy atom. The van der Waals surface area contributed by atoms with Crippen LogP contribution in [0.25, 0.3) is 0 Å². The van der Waals surface area contributed by atoms with Gasteiger partial charge in [0.05, 0.1) is 25.6 Å². The van der Waals surface area contributed by atoms with Gasteiger partial charge >= 0.3 is 0 Å². The van der Waals surface area contributed by atoms with Crippen LogP contribution in [-0.4, -0.2) is 25.8 Å². The van der Waals surface area contributed by atoms with E-state index < -0.39 is 0 Å². The van der Waals surface area contributed by atoms with E-state index in [1.165, 1.54) is 17.1 Å². The molecule has 2 aliphatic rings. The molecule has 1 unspecified atom stereocenters. The van der Waals surface area contributed by atoms with Gasteiger partial charge in [0, 0.05) is 17.9 Å². The van der Waals surface area contributed by atoms with Crippen LogP contribution >= 0.6 is 0 Å². The maximum absolute atomic E-state index is 13.2. The lowest BCUT2D eigenvalue weighted by Crippen LogP contribution is -2.39. The zero-order valence-electron chi connectivity index (χ0n) is 14.7. The van der Waals surface area contributed by atoms with Crippen LogP contribution in [-0.2, 0) is 11.2 Å². The Labute approximate surface area is 151 Å². The maximum Gasteiger partial charge on any atom is 0.248 e. The quantitative estimate of drug-likeness (QED) is 0.847. The number of hydrazone groups is 1. The second-order valence-electron chi connectivity index (χ2n) is 6.47. The Balaban J connectivity index is 1.81. The summed E-state index contributed by atoms with van der Waals surface area (Å²) in [5.74, 6) is 0.995. The molecule has 1 aliphatic carbocycles. The summed E-state index contributed by atoms with van der Waals surface area (Å²) in [5, 5.41) is 6.01. The average molecular weight is 354 g/mol. The third kappa shape index (κ3) is 2.71. The number of rotatable bonds is 3. The third-order valence-electron chi connectivity index (χ3n) is 4.97. The lowest BCUT2D eigenvalue weighted by atomic mass is 9.79. The number of anilines is 1. The molecule has 6 heteroatoms. The van der Waals surface area contributed by atoms with Crippen molar-refractivity contribution in [3.63, 3.8) is 0 Å². The number of amides is 1. The van der Waals surface area contributed by atoms with Crippen LogP contribution in [0.1, 0.15) is 24.0 Å². The van der Waals surface area contributed by atoms with E-state index in [9.17, 15) is 9.18 Å². The Bertz CT molecular complexity index is 893.